The van der Waals surface area contributed by atoms with E-state index in [1.54, 1.807) is 12.1 Å². The lowest BCUT2D eigenvalue weighted by Gasteiger charge is -2.37. The molecule has 0 saturated heterocycles. The predicted molar refractivity (Wildman–Crippen MR) is 178 cm³/mol. The molecule has 6 rings (SSSR count). The zero-order chi connectivity index (χ0) is 31.1. The van der Waals surface area contributed by atoms with Crippen LogP contribution in [0.4, 0.5) is 5.82 Å². The second-order valence-corrected chi connectivity index (χ2v) is 11.8. The maximum absolute atomic E-state index is 13.9. The summed E-state index contributed by atoms with van der Waals surface area (Å²) in [5, 5.41) is 3.02. The zero-order valence-electron chi connectivity index (χ0n) is 25.6. The first-order valence-electron chi connectivity index (χ1n) is 15.7. The molecule has 1 fully saturated rings. The van der Waals surface area contributed by atoms with Gasteiger partial charge >= 0.3 is 5.97 Å². The van der Waals surface area contributed by atoms with Gasteiger partial charge in [0.1, 0.15) is 5.82 Å². The van der Waals surface area contributed by atoms with Crippen LogP contribution in [0.5, 0.6) is 0 Å². The van der Waals surface area contributed by atoms with Crippen molar-refractivity contribution < 1.29 is 14.3 Å². The van der Waals surface area contributed by atoms with Crippen LogP contribution in [0.1, 0.15) is 76.2 Å². The number of hydrogen-bond donors (Lipinski definition) is 1. The van der Waals surface area contributed by atoms with Gasteiger partial charge in [-0.25, -0.2) is 9.78 Å². The number of benzene rings is 4. The number of hydrogen-bond acceptors (Lipinski definition) is 4. The lowest BCUT2D eigenvalue weighted by atomic mass is 9.65. The fraction of sp³-hybridized carbons (Fsp3) is 0.225. The number of amides is 1. The number of methoxy groups -OCH3 is 1. The van der Waals surface area contributed by atoms with E-state index in [4.69, 9.17) is 4.74 Å². The molecule has 1 N–H and O–H groups in total. The van der Waals surface area contributed by atoms with Gasteiger partial charge in [-0.15, -0.1) is 0 Å². The van der Waals surface area contributed by atoms with Crippen molar-refractivity contribution in [3.05, 3.63) is 167 Å². The highest BCUT2D eigenvalue weighted by Gasteiger charge is 2.38. The molecule has 1 aromatic heterocycles. The third-order valence-electron chi connectivity index (χ3n) is 9.16. The molecule has 1 aliphatic rings. The van der Waals surface area contributed by atoms with Gasteiger partial charge in [-0.05, 0) is 52.3 Å². The van der Waals surface area contributed by atoms with Crippen molar-refractivity contribution in [1.82, 2.24) is 4.98 Å². The molecule has 1 saturated carbocycles. The minimum absolute atomic E-state index is 0.0894. The number of aromatic nitrogens is 1. The number of carbonyl (C=O) groups excluding carboxylic acids is 2. The lowest BCUT2D eigenvalue weighted by Crippen LogP contribution is -2.31. The SMILES string of the molecule is COC(=O)c1ccc(NC(=O)C(CC2CCCC2)c2ccc(C(c3ccccc3)(c3ccccc3)c3ccccc3)cc2)nc1. The molecule has 1 heterocycles. The van der Waals surface area contributed by atoms with Crippen LogP contribution in [0.15, 0.2) is 134 Å². The summed E-state index contributed by atoms with van der Waals surface area (Å²) in [4.78, 5) is 30.0. The Morgan fingerprint density at radius 3 is 1.71 bits per heavy atom. The molecule has 1 atom stereocenters. The maximum atomic E-state index is 13.9. The van der Waals surface area contributed by atoms with Gasteiger partial charge in [0.25, 0.3) is 0 Å². The lowest BCUT2D eigenvalue weighted by molar-refractivity contribution is -0.118. The molecule has 0 aliphatic heterocycles. The fourth-order valence-electron chi connectivity index (χ4n) is 6.92. The van der Waals surface area contributed by atoms with Crippen molar-refractivity contribution in [2.75, 3.05) is 12.4 Å². The molecule has 4 aromatic carbocycles. The molecule has 45 heavy (non-hydrogen) atoms. The van der Waals surface area contributed by atoms with E-state index in [-0.39, 0.29) is 11.8 Å². The first kappa shape index (κ1) is 30.0. The van der Waals surface area contributed by atoms with Crippen molar-refractivity contribution in [3.63, 3.8) is 0 Å². The van der Waals surface area contributed by atoms with E-state index in [1.807, 2.05) is 0 Å². The normalized spacial score (nSPS) is 14.1. The van der Waals surface area contributed by atoms with Gasteiger partial charge in [0.05, 0.1) is 24.0 Å². The van der Waals surface area contributed by atoms with Crippen LogP contribution in [0.2, 0.25) is 0 Å². The fourth-order valence-corrected chi connectivity index (χ4v) is 6.92. The van der Waals surface area contributed by atoms with E-state index >= 15 is 0 Å². The third kappa shape index (κ3) is 6.30. The Labute approximate surface area is 265 Å². The second kappa shape index (κ2) is 13.7. The Morgan fingerprint density at radius 1 is 0.733 bits per heavy atom. The van der Waals surface area contributed by atoms with Crippen molar-refractivity contribution >= 4 is 17.7 Å². The minimum atomic E-state index is -0.545. The number of carbonyl (C=O) groups is 2. The maximum Gasteiger partial charge on any atom is 0.339 e. The summed E-state index contributed by atoms with van der Waals surface area (Å²) in [6.07, 6.45) is 6.93. The highest BCUT2D eigenvalue weighted by atomic mass is 16.5. The monoisotopic (exact) mass is 594 g/mol. The largest absolute Gasteiger partial charge is 0.465 e. The van der Waals surface area contributed by atoms with Gasteiger partial charge in [0.15, 0.2) is 0 Å². The third-order valence-corrected chi connectivity index (χ3v) is 9.16. The van der Waals surface area contributed by atoms with Crippen molar-refractivity contribution in [2.45, 2.75) is 43.4 Å². The van der Waals surface area contributed by atoms with Crippen molar-refractivity contribution in [1.29, 1.82) is 0 Å². The van der Waals surface area contributed by atoms with E-state index in [9.17, 15) is 9.59 Å². The van der Waals surface area contributed by atoms with Crippen molar-refractivity contribution in [3.8, 4) is 0 Å². The van der Waals surface area contributed by atoms with E-state index in [1.165, 1.54) is 42.8 Å². The van der Waals surface area contributed by atoms with Crippen LogP contribution >= 0.6 is 0 Å². The molecule has 0 radical (unpaired) electrons. The molecule has 5 heteroatoms. The Bertz CT molecular complexity index is 1600. The van der Waals surface area contributed by atoms with Crippen LogP contribution < -0.4 is 5.32 Å². The summed E-state index contributed by atoms with van der Waals surface area (Å²) < 4.78 is 4.78. The Balaban J connectivity index is 1.39. The Morgan fingerprint density at radius 2 is 1.24 bits per heavy atom. The second-order valence-electron chi connectivity index (χ2n) is 11.8. The number of nitrogens with one attached hydrogen (secondary N) is 1. The number of anilines is 1. The topological polar surface area (TPSA) is 68.3 Å². The van der Waals surface area contributed by atoms with Gasteiger partial charge in [0, 0.05) is 6.20 Å². The molecule has 5 nitrogen and oxygen atoms in total. The summed E-state index contributed by atoms with van der Waals surface area (Å²) in [6.45, 7) is 0. The number of ether oxygens (including phenoxy) is 1. The number of rotatable bonds is 10. The summed E-state index contributed by atoms with van der Waals surface area (Å²) in [7, 11) is 1.33. The standard InChI is InChI=1S/C40H38N2O3/c1-45-39(44)31-23-26-37(41-28-31)42-38(43)36(27-29-13-11-12-14-29)30-21-24-35(25-22-30)40(32-15-5-2-6-16-32,33-17-7-3-8-18-33)34-19-9-4-10-20-34/h2-10,15-26,28-29,36H,11-14,27H2,1H3,(H,41,42,43). The van der Waals surface area contributed by atoms with Gasteiger partial charge in [-0.1, -0.05) is 141 Å². The summed E-state index contributed by atoms with van der Waals surface area (Å²) in [5.41, 5.74) is 5.45. The van der Waals surface area contributed by atoms with Gasteiger partial charge < -0.3 is 10.1 Å². The van der Waals surface area contributed by atoms with Crippen LogP contribution in [-0.2, 0) is 14.9 Å². The van der Waals surface area contributed by atoms with Crippen LogP contribution in [0.25, 0.3) is 0 Å². The Kier molecular flexibility index (Phi) is 9.16. The molecule has 226 valence electrons. The first-order chi connectivity index (χ1) is 22.1. The molecule has 1 unspecified atom stereocenters. The van der Waals surface area contributed by atoms with Crippen molar-refractivity contribution in [2.24, 2.45) is 5.92 Å². The summed E-state index contributed by atoms with van der Waals surface area (Å²) >= 11 is 0. The molecule has 0 spiro atoms. The highest BCUT2D eigenvalue weighted by Crippen LogP contribution is 2.45. The summed E-state index contributed by atoms with van der Waals surface area (Å²) in [5.74, 6) is 0.0402. The van der Waals surface area contributed by atoms with Gasteiger partial charge in [-0.2, -0.15) is 0 Å². The average molecular weight is 595 g/mol. The molecular weight excluding hydrogens is 556 g/mol. The number of pyridine rings is 1. The molecular formula is C40H38N2O3. The zero-order valence-corrected chi connectivity index (χ0v) is 25.6. The highest BCUT2D eigenvalue weighted by molar-refractivity contribution is 5.95. The summed E-state index contributed by atoms with van der Waals surface area (Å²) in [6, 6.07) is 43.8. The first-order valence-corrected chi connectivity index (χ1v) is 15.7. The van der Waals surface area contributed by atoms with Crippen LogP contribution in [0, 0.1) is 5.92 Å². The van der Waals surface area contributed by atoms with Crippen LogP contribution in [0.3, 0.4) is 0 Å². The molecule has 5 aromatic rings. The van der Waals surface area contributed by atoms with Gasteiger partial charge in [0.2, 0.25) is 5.91 Å². The van der Waals surface area contributed by atoms with Gasteiger partial charge in [-0.3, -0.25) is 4.79 Å². The quantitative estimate of drug-likeness (QED) is 0.130. The molecule has 1 aliphatic carbocycles. The van der Waals surface area contributed by atoms with E-state index in [0.29, 0.717) is 17.3 Å². The number of esters is 1. The predicted octanol–water partition coefficient (Wildman–Crippen LogP) is 8.55. The molecule has 0 bridgehead atoms. The smallest absolute Gasteiger partial charge is 0.339 e. The molecule has 1 amide bonds. The Hall–Kier alpha value is -5.03. The van der Waals surface area contributed by atoms with E-state index in [0.717, 1.165) is 30.4 Å². The van der Waals surface area contributed by atoms with Crippen LogP contribution in [-0.4, -0.2) is 24.0 Å². The number of nitrogens with zero attached hydrogens (tertiary/aromatic N) is 1. The van der Waals surface area contributed by atoms with E-state index in [2.05, 4.69) is 126 Å². The van der Waals surface area contributed by atoms with E-state index < -0.39 is 11.4 Å². The average Bonchev–Trinajstić information content (AvgIpc) is 3.63. The minimum Gasteiger partial charge on any atom is -0.465 e.